The third-order valence-corrected chi connectivity index (χ3v) is 7.00. The predicted molar refractivity (Wildman–Crippen MR) is 144 cm³/mol. The highest BCUT2D eigenvalue weighted by Crippen LogP contribution is 2.31. The van der Waals surface area contributed by atoms with E-state index in [9.17, 15) is 14.4 Å². The van der Waals surface area contributed by atoms with Crippen LogP contribution in [-0.4, -0.2) is 51.3 Å². The maximum Gasteiger partial charge on any atom is 0.410 e. The van der Waals surface area contributed by atoms with Crippen molar-refractivity contribution in [3.63, 3.8) is 0 Å². The van der Waals surface area contributed by atoms with Gasteiger partial charge in [-0.2, -0.15) is 0 Å². The normalized spacial score (nSPS) is 16.7. The monoisotopic (exact) mass is 546 g/mol. The number of benzene rings is 2. The number of ether oxygens (including phenoxy) is 3. The topological polar surface area (TPSA) is 120 Å². The van der Waals surface area contributed by atoms with Crippen LogP contribution in [0.1, 0.15) is 29.5 Å². The van der Waals surface area contributed by atoms with Gasteiger partial charge in [0.15, 0.2) is 0 Å². The molecule has 2 fully saturated rings. The van der Waals surface area contributed by atoms with E-state index in [1.807, 2.05) is 43.3 Å². The summed E-state index contributed by atoms with van der Waals surface area (Å²) >= 11 is 0.857. The Morgan fingerprint density at radius 3 is 2.59 bits per heavy atom. The number of piperidine rings is 1. The van der Waals surface area contributed by atoms with Gasteiger partial charge in [0.05, 0.1) is 10.5 Å². The van der Waals surface area contributed by atoms with Gasteiger partial charge in [-0.05, 0) is 48.0 Å². The van der Waals surface area contributed by atoms with Gasteiger partial charge in [0.2, 0.25) is 11.8 Å². The number of carbonyl (C=O) groups excluding carboxylic acids is 3. The number of imide groups is 1. The molecular weight excluding hydrogens is 520 g/mol. The first-order valence-electron chi connectivity index (χ1n) is 12.4. The van der Waals surface area contributed by atoms with E-state index in [-0.39, 0.29) is 18.8 Å². The Labute approximate surface area is 229 Å². The van der Waals surface area contributed by atoms with Gasteiger partial charge >= 0.3 is 6.09 Å². The second-order valence-electron chi connectivity index (χ2n) is 8.98. The molecule has 0 bridgehead atoms. The molecule has 39 heavy (non-hydrogen) atoms. The lowest BCUT2D eigenvalue weighted by Crippen LogP contribution is -2.42. The van der Waals surface area contributed by atoms with E-state index in [4.69, 9.17) is 14.2 Å². The van der Waals surface area contributed by atoms with Crippen LogP contribution in [0.2, 0.25) is 0 Å². The Balaban J connectivity index is 1.16. The van der Waals surface area contributed by atoms with Crippen molar-refractivity contribution in [3.8, 4) is 17.5 Å². The van der Waals surface area contributed by atoms with E-state index >= 15 is 0 Å². The number of rotatable bonds is 7. The van der Waals surface area contributed by atoms with Crippen molar-refractivity contribution in [2.45, 2.75) is 32.5 Å². The Morgan fingerprint density at radius 2 is 1.85 bits per heavy atom. The maximum absolute atomic E-state index is 12.4. The molecule has 5 rings (SSSR count). The summed E-state index contributed by atoms with van der Waals surface area (Å²) in [6, 6.07) is 16.7. The van der Waals surface area contributed by atoms with Crippen molar-refractivity contribution in [3.05, 3.63) is 82.5 Å². The molecule has 0 unspecified atom stereocenters. The number of likely N-dealkylation sites (tertiary alicyclic amines) is 1. The molecule has 2 aliphatic rings. The molecule has 1 N–H and O–H groups in total. The molecule has 0 radical (unpaired) electrons. The molecule has 0 saturated carbocycles. The van der Waals surface area contributed by atoms with Crippen molar-refractivity contribution in [2.75, 3.05) is 13.1 Å². The first-order valence-corrected chi connectivity index (χ1v) is 13.2. The van der Waals surface area contributed by atoms with E-state index in [0.717, 1.165) is 17.3 Å². The minimum Gasteiger partial charge on any atom is -0.474 e. The predicted octanol–water partition coefficient (Wildman–Crippen LogP) is 5.08. The molecule has 11 heteroatoms. The number of aromatic nitrogens is 2. The zero-order chi connectivity index (χ0) is 27.2. The van der Waals surface area contributed by atoms with Crippen LogP contribution < -0.4 is 14.8 Å². The lowest BCUT2D eigenvalue weighted by molar-refractivity contribution is -0.115. The van der Waals surface area contributed by atoms with Crippen LogP contribution in [0.25, 0.3) is 6.08 Å². The summed E-state index contributed by atoms with van der Waals surface area (Å²) in [5, 5.41) is 1.85. The second kappa shape index (κ2) is 12.0. The fraction of sp³-hybridized carbons (Fsp3) is 0.250. The van der Waals surface area contributed by atoms with E-state index in [0.29, 0.717) is 59.5 Å². The fourth-order valence-corrected chi connectivity index (χ4v) is 4.80. The van der Waals surface area contributed by atoms with Gasteiger partial charge in [-0.25, -0.2) is 14.8 Å². The van der Waals surface area contributed by atoms with Crippen molar-refractivity contribution in [2.24, 2.45) is 0 Å². The molecule has 0 atom stereocenters. The van der Waals surface area contributed by atoms with Gasteiger partial charge in [-0.15, -0.1) is 0 Å². The Kier molecular flexibility index (Phi) is 8.07. The number of carbonyl (C=O) groups is 3. The first-order chi connectivity index (χ1) is 18.9. The Morgan fingerprint density at radius 1 is 1.08 bits per heavy atom. The highest BCUT2D eigenvalue weighted by molar-refractivity contribution is 8.18. The fourth-order valence-electron chi connectivity index (χ4n) is 4.12. The molecular formula is C28H26N4O6S. The number of hydrogen-bond donors (Lipinski definition) is 1. The van der Waals surface area contributed by atoms with Gasteiger partial charge in [0.1, 0.15) is 24.8 Å². The van der Waals surface area contributed by atoms with Crippen molar-refractivity contribution in [1.29, 1.82) is 0 Å². The number of thioether (sulfide) groups is 1. The summed E-state index contributed by atoms with van der Waals surface area (Å²) in [4.78, 5) is 46.2. The van der Waals surface area contributed by atoms with E-state index < -0.39 is 11.1 Å². The van der Waals surface area contributed by atoms with Crippen LogP contribution in [0.5, 0.6) is 17.5 Å². The number of amides is 3. The zero-order valence-electron chi connectivity index (χ0n) is 21.2. The molecule has 10 nitrogen and oxygen atoms in total. The van der Waals surface area contributed by atoms with Crippen LogP contribution in [0.15, 0.2) is 65.8 Å². The molecule has 1 aromatic heterocycles. The summed E-state index contributed by atoms with van der Waals surface area (Å²) in [6.07, 6.45) is 3.85. The highest BCUT2D eigenvalue weighted by Gasteiger charge is 2.27. The maximum atomic E-state index is 12.4. The van der Waals surface area contributed by atoms with Crippen LogP contribution >= 0.6 is 11.8 Å². The number of hydrogen-bond acceptors (Lipinski definition) is 9. The van der Waals surface area contributed by atoms with Crippen molar-refractivity contribution in [1.82, 2.24) is 20.2 Å². The zero-order valence-corrected chi connectivity index (χ0v) is 22.0. The van der Waals surface area contributed by atoms with E-state index in [1.165, 1.54) is 6.33 Å². The lowest BCUT2D eigenvalue weighted by atomic mass is 10.1. The molecule has 3 amide bonds. The summed E-state index contributed by atoms with van der Waals surface area (Å²) in [6.45, 7) is 3.11. The number of nitrogens with zero attached hydrogens (tertiary/aromatic N) is 3. The molecule has 0 aliphatic carbocycles. The second-order valence-corrected chi connectivity index (χ2v) is 9.99. The quantitative estimate of drug-likeness (QED) is 0.405. The molecule has 0 spiro atoms. The third kappa shape index (κ3) is 6.74. The summed E-state index contributed by atoms with van der Waals surface area (Å²) < 4.78 is 17.6. The summed E-state index contributed by atoms with van der Waals surface area (Å²) in [5.41, 5.74) is 2.29. The average Bonchev–Trinajstić information content (AvgIpc) is 3.26. The van der Waals surface area contributed by atoms with E-state index in [2.05, 4.69) is 15.3 Å². The van der Waals surface area contributed by atoms with Crippen LogP contribution in [0.4, 0.5) is 9.59 Å². The standard InChI is InChI=1S/C28H26N4O6S/c1-18-25(37-21-10-12-32(13-11-21)28(35)36-16-19-6-3-2-4-7-19)29-17-30-26(18)38-22-9-5-8-20(14-22)15-23-24(33)31-27(34)39-23/h2-9,14-15,17,21H,10-13,16H2,1H3,(H,31,33,34)/b23-15+. The molecule has 2 aliphatic heterocycles. The Hall–Kier alpha value is -4.38. The summed E-state index contributed by atoms with van der Waals surface area (Å²) in [7, 11) is 0. The van der Waals surface area contributed by atoms with Crippen LogP contribution in [-0.2, 0) is 16.1 Å². The van der Waals surface area contributed by atoms with E-state index in [1.54, 1.807) is 29.2 Å². The highest BCUT2D eigenvalue weighted by atomic mass is 32.2. The molecule has 2 aromatic carbocycles. The smallest absolute Gasteiger partial charge is 0.410 e. The summed E-state index contributed by atoms with van der Waals surface area (Å²) in [5.74, 6) is 0.852. The van der Waals surface area contributed by atoms with Crippen LogP contribution in [0, 0.1) is 6.92 Å². The number of nitrogens with one attached hydrogen (secondary N) is 1. The van der Waals surface area contributed by atoms with Gasteiger partial charge in [-0.1, -0.05) is 42.5 Å². The third-order valence-electron chi connectivity index (χ3n) is 6.19. The van der Waals surface area contributed by atoms with Crippen molar-refractivity contribution >= 4 is 35.1 Å². The van der Waals surface area contributed by atoms with Gasteiger partial charge in [-0.3, -0.25) is 14.9 Å². The van der Waals surface area contributed by atoms with Crippen molar-refractivity contribution < 1.29 is 28.6 Å². The van der Waals surface area contributed by atoms with Gasteiger partial charge < -0.3 is 19.1 Å². The minimum absolute atomic E-state index is 0.114. The average molecular weight is 547 g/mol. The lowest BCUT2D eigenvalue weighted by Gasteiger charge is -2.31. The largest absolute Gasteiger partial charge is 0.474 e. The molecule has 2 saturated heterocycles. The minimum atomic E-state index is -0.417. The molecule has 3 heterocycles. The molecule has 3 aromatic rings. The SMILES string of the molecule is Cc1c(Oc2cccc(/C=C3/SC(=O)NC3=O)c2)ncnc1OC1CCN(C(=O)OCc2ccccc2)CC1. The van der Waals surface area contributed by atoms with Gasteiger partial charge in [0.25, 0.3) is 11.1 Å². The van der Waals surface area contributed by atoms with Gasteiger partial charge in [0, 0.05) is 25.9 Å². The van der Waals surface area contributed by atoms with Crippen LogP contribution in [0.3, 0.4) is 0 Å². The first kappa shape index (κ1) is 26.2. The molecule has 200 valence electrons. The Bertz CT molecular complexity index is 1410.